The van der Waals surface area contributed by atoms with Crippen molar-refractivity contribution in [3.8, 4) is 17.0 Å². The van der Waals surface area contributed by atoms with Crippen LogP contribution in [0.3, 0.4) is 0 Å². The van der Waals surface area contributed by atoms with Crippen LogP contribution in [0.25, 0.3) is 22.4 Å². The minimum Gasteiger partial charge on any atom is -0.489 e. The number of nitrogens with one attached hydrogen (secondary N) is 2. The van der Waals surface area contributed by atoms with Crippen LogP contribution in [0.5, 0.6) is 5.75 Å². The molecule has 4 heterocycles. The molecule has 14 heteroatoms. The van der Waals surface area contributed by atoms with E-state index in [0.29, 0.717) is 0 Å². The van der Waals surface area contributed by atoms with Crippen LogP contribution in [0.1, 0.15) is 28.5 Å². The minimum atomic E-state index is -5.34. The second-order valence-corrected chi connectivity index (χ2v) is 9.22. The highest BCUT2D eigenvalue weighted by Gasteiger charge is 2.57. The Labute approximate surface area is 217 Å². The van der Waals surface area contributed by atoms with Crippen molar-refractivity contribution in [1.29, 1.82) is 0 Å². The molecule has 1 aromatic carbocycles. The normalized spacial score (nSPS) is 18.3. The number of hydrogen-bond acceptors (Lipinski definition) is 7. The lowest BCUT2D eigenvalue weighted by molar-refractivity contribution is -0.265. The molecule has 202 valence electrons. The second kappa shape index (κ2) is 9.01. The summed E-state index contributed by atoms with van der Waals surface area (Å²) >= 11 is 0. The zero-order chi connectivity index (χ0) is 28.2. The number of halogens is 4. The Morgan fingerprint density at radius 1 is 1.21 bits per heavy atom. The number of nitrogens with zero attached hydrogens (tertiary/aromatic N) is 3. The van der Waals surface area contributed by atoms with E-state index in [1.165, 1.54) is 37.6 Å². The Morgan fingerprint density at radius 2 is 1.90 bits per heavy atom. The average molecular weight is 544 g/mol. The predicted molar refractivity (Wildman–Crippen MR) is 128 cm³/mol. The van der Waals surface area contributed by atoms with Crippen molar-refractivity contribution >= 4 is 23.0 Å². The Kier molecular flexibility index (Phi) is 6.01. The molecule has 10 nitrogen and oxygen atoms in total. The smallest absolute Gasteiger partial charge is 0.424 e. The van der Waals surface area contributed by atoms with Gasteiger partial charge < -0.3 is 25.9 Å². The van der Waals surface area contributed by atoms with Crippen molar-refractivity contribution < 1.29 is 37.0 Å². The third-order valence-corrected chi connectivity index (χ3v) is 6.68. The molecule has 0 unspecified atom stereocenters. The maximum atomic E-state index is 14.5. The summed E-state index contributed by atoms with van der Waals surface area (Å²) in [5.74, 6) is -2.48. The summed E-state index contributed by atoms with van der Waals surface area (Å²) in [4.78, 5) is 39.8. The number of carbonyl (C=O) groups is 2. The lowest BCUT2D eigenvalue weighted by atomic mass is 9.81. The number of benzene rings is 1. The third kappa shape index (κ3) is 4.22. The van der Waals surface area contributed by atoms with Crippen molar-refractivity contribution in [3.63, 3.8) is 0 Å². The number of carbonyl (C=O) groups excluding carboxylic acids is 2. The van der Waals surface area contributed by atoms with Gasteiger partial charge in [-0.15, -0.1) is 0 Å². The molecule has 0 aliphatic carbocycles. The molecule has 0 saturated heterocycles. The van der Waals surface area contributed by atoms with Crippen LogP contribution in [-0.4, -0.2) is 56.2 Å². The van der Waals surface area contributed by atoms with Gasteiger partial charge in [0, 0.05) is 29.7 Å². The number of fused-ring (bicyclic) bond motifs is 2. The number of aromatic nitrogens is 4. The third-order valence-electron chi connectivity index (χ3n) is 6.68. The van der Waals surface area contributed by atoms with Crippen LogP contribution in [-0.2, 0) is 15.8 Å². The number of alkyl halides is 3. The monoisotopic (exact) mass is 544 g/mol. The fourth-order valence-electron chi connectivity index (χ4n) is 4.26. The van der Waals surface area contributed by atoms with Gasteiger partial charge in [-0.2, -0.15) is 13.2 Å². The van der Waals surface area contributed by atoms with E-state index >= 15 is 0 Å². The van der Waals surface area contributed by atoms with Crippen LogP contribution in [0.15, 0.2) is 48.9 Å². The number of hydrogen-bond donors (Lipinski definition) is 4. The molecule has 5 rings (SSSR count). The largest absolute Gasteiger partial charge is 0.489 e. The second-order valence-electron chi connectivity index (χ2n) is 9.22. The van der Waals surface area contributed by atoms with Gasteiger partial charge in [0.15, 0.2) is 5.65 Å². The van der Waals surface area contributed by atoms with Gasteiger partial charge in [0.1, 0.15) is 34.8 Å². The molecule has 2 atom stereocenters. The van der Waals surface area contributed by atoms with Crippen LogP contribution in [0.2, 0.25) is 0 Å². The molecule has 0 spiro atoms. The number of aromatic amines is 1. The van der Waals surface area contributed by atoms with Crippen molar-refractivity contribution in [2.75, 3.05) is 13.2 Å². The predicted octanol–water partition coefficient (Wildman–Crippen LogP) is 2.47. The molecule has 39 heavy (non-hydrogen) atoms. The van der Waals surface area contributed by atoms with Crippen molar-refractivity contribution in [1.82, 2.24) is 25.3 Å². The van der Waals surface area contributed by atoms with E-state index in [4.69, 9.17) is 10.5 Å². The molecule has 5 N–H and O–H groups in total. The summed E-state index contributed by atoms with van der Waals surface area (Å²) in [5, 5.41) is 13.2. The highest BCUT2D eigenvalue weighted by Crippen LogP contribution is 2.47. The van der Waals surface area contributed by atoms with Gasteiger partial charge in [-0.3, -0.25) is 14.6 Å². The molecule has 3 aromatic heterocycles. The van der Waals surface area contributed by atoms with E-state index in [2.05, 4.69) is 25.3 Å². The highest BCUT2D eigenvalue weighted by atomic mass is 19.4. The Hall–Kier alpha value is -4.59. The lowest BCUT2D eigenvalue weighted by Crippen LogP contribution is -2.51. The van der Waals surface area contributed by atoms with E-state index in [-0.39, 0.29) is 45.9 Å². The van der Waals surface area contributed by atoms with Crippen LogP contribution in [0.4, 0.5) is 17.6 Å². The van der Waals surface area contributed by atoms with Gasteiger partial charge in [-0.1, -0.05) is 0 Å². The van der Waals surface area contributed by atoms with E-state index in [1.807, 2.05) is 0 Å². The molecule has 0 bridgehead atoms. The highest BCUT2D eigenvalue weighted by molar-refractivity contribution is 6.04. The number of aliphatic hydroxyl groups is 1. The molecule has 4 aromatic rings. The molecular formula is C25H20F4N6O4. The molecule has 0 radical (unpaired) electrons. The fraction of sp³-hybridized carbons (Fsp3) is 0.240. The Balaban J connectivity index is 1.61. The van der Waals surface area contributed by atoms with E-state index < -0.39 is 47.1 Å². The molecule has 2 amide bonds. The molecular weight excluding hydrogens is 524 g/mol. The zero-order valence-electron chi connectivity index (χ0n) is 20.1. The Bertz CT molecular complexity index is 1610. The van der Waals surface area contributed by atoms with Crippen molar-refractivity contribution in [2.45, 2.75) is 24.1 Å². The number of H-pyrrole nitrogens is 1. The van der Waals surface area contributed by atoms with Gasteiger partial charge in [0.25, 0.3) is 5.91 Å². The van der Waals surface area contributed by atoms with Gasteiger partial charge in [-0.05, 0) is 37.3 Å². The maximum absolute atomic E-state index is 14.5. The molecule has 0 saturated carbocycles. The van der Waals surface area contributed by atoms with Gasteiger partial charge in [0.05, 0.1) is 17.8 Å². The van der Waals surface area contributed by atoms with Gasteiger partial charge >= 0.3 is 6.18 Å². The van der Waals surface area contributed by atoms with Gasteiger partial charge in [0.2, 0.25) is 11.5 Å². The lowest BCUT2D eigenvalue weighted by Gasteiger charge is -2.31. The number of nitrogens with two attached hydrogens (primary N) is 1. The standard InChI is InChI=1S/C25H20F4N6O4/c1-23(22(30)37)11-39-19-15(23)8-16(35-17(19)12-2-4-13(26)5-3-12)24(38,25(27,28)29)10-34-21(36)14-9-33-20-18(14)31-6-7-32-20/h2-9,38H,10-11H2,1H3,(H2,30,37)(H,32,33)(H,34,36)/t23-,24-/m0/s1. The summed E-state index contributed by atoms with van der Waals surface area (Å²) in [6.07, 6.45) is -1.44. The summed E-state index contributed by atoms with van der Waals surface area (Å²) in [6, 6.07) is 5.54. The first kappa shape index (κ1) is 26.0. The molecule has 1 aliphatic heterocycles. The number of rotatable bonds is 6. The topological polar surface area (TPSA) is 156 Å². The van der Waals surface area contributed by atoms with E-state index in [0.717, 1.165) is 18.2 Å². The Morgan fingerprint density at radius 3 is 2.56 bits per heavy atom. The number of primary amides is 1. The van der Waals surface area contributed by atoms with Crippen LogP contribution >= 0.6 is 0 Å². The molecule has 1 aliphatic rings. The first-order valence-electron chi connectivity index (χ1n) is 11.5. The summed E-state index contributed by atoms with van der Waals surface area (Å²) in [5.41, 5.74) is -0.430. The summed E-state index contributed by atoms with van der Waals surface area (Å²) in [7, 11) is 0. The van der Waals surface area contributed by atoms with Crippen LogP contribution in [0, 0.1) is 5.82 Å². The van der Waals surface area contributed by atoms with E-state index in [9.17, 15) is 32.3 Å². The fourth-order valence-corrected chi connectivity index (χ4v) is 4.26. The first-order valence-corrected chi connectivity index (χ1v) is 11.5. The molecule has 0 fully saturated rings. The summed E-state index contributed by atoms with van der Waals surface area (Å²) in [6.45, 7) is -0.253. The number of pyridine rings is 1. The van der Waals surface area contributed by atoms with Crippen molar-refractivity contribution in [2.24, 2.45) is 5.73 Å². The van der Waals surface area contributed by atoms with Crippen molar-refractivity contribution in [3.05, 3.63) is 71.6 Å². The number of amides is 2. The number of ether oxygens (including phenoxy) is 1. The summed E-state index contributed by atoms with van der Waals surface area (Å²) < 4.78 is 62.6. The average Bonchev–Trinajstić information content (AvgIpc) is 3.49. The first-order chi connectivity index (χ1) is 18.3. The minimum absolute atomic E-state index is 0.0300. The maximum Gasteiger partial charge on any atom is 0.424 e. The quantitative estimate of drug-likeness (QED) is 0.272. The SMILES string of the molecule is C[C@]1(C(N)=O)COc2c1cc([C@@](O)(CNC(=O)c1c[nH]c3nccnc13)C(F)(F)F)nc2-c1ccc(F)cc1. The van der Waals surface area contributed by atoms with Gasteiger partial charge in [-0.25, -0.2) is 14.4 Å². The van der Waals surface area contributed by atoms with E-state index in [1.54, 1.807) is 0 Å². The van der Waals surface area contributed by atoms with Crippen LogP contribution < -0.4 is 15.8 Å². The zero-order valence-corrected chi connectivity index (χ0v) is 20.1.